The van der Waals surface area contributed by atoms with Gasteiger partial charge in [-0.15, -0.1) is 0 Å². The summed E-state index contributed by atoms with van der Waals surface area (Å²) in [5.41, 5.74) is 3.86. The lowest BCUT2D eigenvalue weighted by atomic mass is 10.1. The van der Waals surface area contributed by atoms with Crippen LogP contribution in [0.15, 0.2) is 30.3 Å². The Kier molecular flexibility index (Phi) is 7.84. The highest BCUT2D eigenvalue weighted by Gasteiger charge is 2.07. The van der Waals surface area contributed by atoms with Gasteiger partial charge in [-0.2, -0.15) is 0 Å². The topological polar surface area (TPSA) is 52.6 Å². The average molecular weight is 316 g/mol. The normalized spacial score (nSPS) is 18.0. The molecule has 1 aliphatic heterocycles. The molecule has 4 nitrogen and oxygen atoms in total. The zero-order valence-electron chi connectivity index (χ0n) is 13.8. The molecule has 1 aromatic carbocycles. The Morgan fingerprint density at radius 3 is 2.13 bits per heavy atom. The highest BCUT2D eigenvalue weighted by Crippen LogP contribution is 2.14. The summed E-state index contributed by atoms with van der Waals surface area (Å²) in [6, 6.07) is 8.26. The van der Waals surface area contributed by atoms with E-state index in [0.717, 1.165) is 12.1 Å². The number of hydrogen-bond donors (Lipinski definition) is 2. The predicted molar refractivity (Wildman–Crippen MR) is 93.0 cm³/mol. The van der Waals surface area contributed by atoms with Gasteiger partial charge in [-0.1, -0.05) is 56.4 Å². The van der Waals surface area contributed by atoms with Crippen molar-refractivity contribution in [3.63, 3.8) is 0 Å². The second kappa shape index (κ2) is 10.2. The molecular formula is C19H28N2O2. The molecule has 1 aliphatic rings. The van der Waals surface area contributed by atoms with Gasteiger partial charge in [0.2, 0.25) is 0 Å². The van der Waals surface area contributed by atoms with Crippen molar-refractivity contribution >= 4 is 12.0 Å². The van der Waals surface area contributed by atoms with Gasteiger partial charge in [0.15, 0.2) is 0 Å². The molecule has 0 saturated carbocycles. The Bertz CT molecular complexity index is 487. The van der Waals surface area contributed by atoms with E-state index < -0.39 is 5.91 Å². The average Bonchev–Trinajstić information content (AvgIpc) is 2.59. The zero-order chi connectivity index (χ0) is 16.3. The van der Waals surface area contributed by atoms with Crippen LogP contribution in [0.5, 0.6) is 0 Å². The maximum Gasteiger partial charge on any atom is 0.267 e. The number of amides is 1. The van der Waals surface area contributed by atoms with Gasteiger partial charge in [-0.3, -0.25) is 14.9 Å². The molecule has 0 unspecified atom stereocenters. The molecule has 126 valence electrons. The van der Waals surface area contributed by atoms with Crippen molar-refractivity contribution in [3.8, 4) is 0 Å². The Morgan fingerprint density at radius 1 is 1.00 bits per heavy atom. The first-order valence-corrected chi connectivity index (χ1v) is 8.71. The Hall–Kier alpha value is -1.65. The predicted octanol–water partition coefficient (Wildman–Crippen LogP) is 3.75. The zero-order valence-corrected chi connectivity index (χ0v) is 13.8. The molecule has 1 fully saturated rings. The maximum absolute atomic E-state index is 11.0. The highest BCUT2D eigenvalue weighted by atomic mass is 16.5. The number of carbonyl (C=O) groups excluding carboxylic acids is 1. The number of nitrogens with zero attached hydrogens (tertiary/aromatic N) is 1. The van der Waals surface area contributed by atoms with Crippen LogP contribution in [-0.2, 0) is 11.3 Å². The molecule has 0 aromatic heterocycles. The monoisotopic (exact) mass is 316 g/mol. The first-order chi connectivity index (χ1) is 11.3. The summed E-state index contributed by atoms with van der Waals surface area (Å²) < 4.78 is 0. The van der Waals surface area contributed by atoms with Crippen molar-refractivity contribution < 1.29 is 10.0 Å². The molecule has 2 rings (SSSR count). The summed E-state index contributed by atoms with van der Waals surface area (Å²) in [6.07, 6.45) is 12.5. The van der Waals surface area contributed by atoms with Crippen molar-refractivity contribution in [2.24, 2.45) is 0 Å². The fraction of sp³-hybridized carbons (Fsp3) is 0.526. The van der Waals surface area contributed by atoms with E-state index in [4.69, 9.17) is 5.21 Å². The summed E-state index contributed by atoms with van der Waals surface area (Å²) in [7, 11) is 0. The van der Waals surface area contributed by atoms with Gasteiger partial charge < -0.3 is 0 Å². The van der Waals surface area contributed by atoms with E-state index in [1.807, 2.05) is 12.1 Å². The molecule has 1 saturated heterocycles. The number of hydroxylamine groups is 1. The van der Waals surface area contributed by atoms with Crippen LogP contribution in [0.1, 0.15) is 56.1 Å². The molecule has 1 amide bonds. The van der Waals surface area contributed by atoms with Gasteiger partial charge in [0.25, 0.3) is 5.91 Å². The fourth-order valence-corrected chi connectivity index (χ4v) is 3.03. The second-order valence-corrected chi connectivity index (χ2v) is 6.30. The molecule has 2 N–H and O–H groups in total. The SMILES string of the molecule is O=C(/C=C/c1ccc(CN2CCCCCCCCC2)cc1)NO. The second-order valence-electron chi connectivity index (χ2n) is 6.30. The third-order valence-corrected chi connectivity index (χ3v) is 4.37. The summed E-state index contributed by atoms with van der Waals surface area (Å²) in [5, 5.41) is 8.46. The van der Waals surface area contributed by atoms with E-state index in [9.17, 15) is 4.79 Å². The maximum atomic E-state index is 11.0. The van der Waals surface area contributed by atoms with E-state index in [1.165, 1.54) is 69.7 Å². The lowest BCUT2D eigenvalue weighted by Crippen LogP contribution is -2.26. The molecule has 0 radical (unpaired) electrons. The molecule has 4 heteroatoms. The minimum Gasteiger partial charge on any atom is -0.299 e. The number of hydrogen-bond acceptors (Lipinski definition) is 3. The first-order valence-electron chi connectivity index (χ1n) is 8.71. The van der Waals surface area contributed by atoms with E-state index in [1.54, 1.807) is 11.6 Å². The van der Waals surface area contributed by atoms with Gasteiger partial charge in [0, 0.05) is 12.6 Å². The quantitative estimate of drug-likeness (QED) is 0.505. The van der Waals surface area contributed by atoms with Crippen LogP contribution in [-0.4, -0.2) is 29.1 Å². The third kappa shape index (κ3) is 6.97. The lowest BCUT2D eigenvalue weighted by molar-refractivity contribution is -0.124. The molecule has 0 atom stereocenters. The van der Waals surface area contributed by atoms with Gasteiger partial charge >= 0.3 is 0 Å². The summed E-state index contributed by atoms with van der Waals surface area (Å²) in [5.74, 6) is -0.512. The van der Waals surface area contributed by atoms with Crippen LogP contribution >= 0.6 is 0 Å². The van der Waals surface area contributed by atoms with Gasteiger partial charge in [-0.05, 0) is 43.1 Å². The smallest absolute Gasteiger partial charge is 0.267 e. The summed E-state index contributed by atoms with van der Waals surface area (Å²) in [4.78, 5) is 13.5. The molecule has 1 aromatic rings. The number of nitrogens with one attached hydrogen (secondary N) is 1. The van der Waals surface area contributed by atoms with Crippen LogP contribution in [0.3, 0.4) is 0 Å². The van der Waals surface area contributed by atoms with Gasteiger partial charge in [-0.25, -0.2) is 5.48 Å². The Balaban J connectivity index is 1.87. The Labute approximate surface area is 139 Å². The molecule has 0 bridgehead atoms. The van der Waals surface area contributed by atoms with Gasteiger partial charge in [0.1, 0.15) is 0 Å². The number of rotatable bonds is 4. The van der Waals surface area contributed by atoms with E-state index in [0.29, 0.717) is 0 Å². The lowest BCUT2D eigenvalue weighted by Gasteiger charge is -2.23. The van der Waals surface area contributed by atoms with Crippen LogP contribution in [0, 0.1) is 0 Å². The minimum atomic E-state index is -0.512. The van der Waals surface area contributed by atoms with Crippen LogP contribution in [0.4, 0.5) is 0 Å². The fourth-order valence-electron chi connectivity index (χ4n) is 3.03. The van der Waals surface area contributed by atoms with Crippen molar-refractivity contribution in [2.45, 2.75) is 51.5 Å². The third-order valence-electron chi connectivity index (χ3n) is 4.37. The van der Waals surface area contributed by atoms with E-state index >= 15 is 0 Å². The summed E-state index contributed by atoms with van der Waals surface area (Å²) in [6.45, 7) is 3.39. The standard InChI is InChI=1S/C19H28N2O2/c22-19(20-23)13-12-17-8-10-18(11-9-17)16-21-14-6-4-2-1-3-5-7-15-21/h8-13,23H,1-7,14-16H2,(H,20,22)/b13-12+. The molecule has 23 heavy (non-hydrogen) atoms. The number of benzene rings is 1. The largest absolute Gasteiger partial charge is 0.299 e. The number of carbonyl (C=O) groups is 1. The van der Waals surface area contributed by atoms with Gasteiger partial charge in [0.05, 0.1) is 0 Å². The van der Waals surface area contributed by atoms with E-state index in [-0.39, 0.29) is 0 Å². The van der Waals surface area contributed by atoms with Crippen molar-refractivity contribution in [3.05, 3.63) is 41.5 Å². The molecule has 1 heterocycles. The first kappa shape index (κ1) is 17.7. The summed E-state index contributed by atoms with van der Waals surface area (Å²) >= 11 is 0. The molecule has 0 spiro atoms. The minimum absolute atomic E-state index is 0.512. The van der Waals surface area contributed by atoms with Crippen molar-refractivity contribution in [1.29, 1.82) is 0 Å². The molecular weight excluding hydrogens is 288 g/mol. The van der Waals surface area contributed by atoms with Crippen molar-refractivity contribution in [2.75, 3.05) is 13.1 Å². The highest BCUT2D eigenvalue weighted by molar-refractivity contribution is 5.90. The Morgan fingerprint density at radius 2 is 1.57 bits per heavy atom. The van der Waals surface area contributed by atoms with E-state index in [2.05, 4.69) is 17.0 Å². The molecule has 0 aliphatic carbocycles. The van der Waals surface area contributed by atoms with Crippen LogP contribution < -0.4 is 5.48 Å². The van der Waals surface area contributed by atoms with Crippen molar-refractivity contribution in [1.82, 2.24) is 10.4 Å². The van der Waals surface area contributed by atoms with Crippen LogP contribution in [0.25, 0.3) is 6.08 Å². The van der Waals surface area contributed by atoms with Crippen LogP contribution in [0.2, 0.25) is 0 Å².